The molecule has 2 amide bonds. The van der Waals surface area contributed by atoms with E-state index in [-0.39, 0.29) is 11.8 Å². The Kier molecular flexibility index (Phi) is 9.47. The molecular formula is C32H44N4O2. The molecule has 2 N–H and O–H groups in total. The summed E-state index contributed by atoms with van der Waals surface area (Å²) in [7, 11) is 0. The molecule has 5 rings (SSSR count). The second kappa shape index (κ2) is 13.4. The van der Waals surface area contributed by atoms with Crippen LogP contribution < -0.4 is 10.6 Å². The first kappa shape index (κ1) is 26.9. The molecule has 6 heteroatoms. The number of rotatable bonds is 9. The molecular weight excluding hydrogens is 472 g/mol. The molecule has 204 valence electrons. The van der Waals surface area contributed by atoms with E-state index in [1.54, 1.807) is 0 Å². The van der Waals surface area contributed by atoms with Gasteiger partial charge in [-0.1, -0.05) is 49.9 Å². The predicted molar refractivity (Wildman–Crippen MR) is 155 cm³/mol. The Balaban J connectivity index is 1.27. The van der Waals surface area contributed by atoms with E-state index in [0.717, 1.165) is 37.6 Å². The van der Waals surface area contributed by atoms with Gasteiger partial charge in [0.1, 0.15) is 0 Å². The SMILES string of the molecule is O=C(CN1CCCC1)Nc1ccc(C(c2ccc(NC(=O)CN3CCCC3)cc2)C2CCCCCC2)cc1. The standard InChI is InChI=1S/C32H44N4O2/c37-30(23-35-19-5-6-20-35)33-28-15-11-26(12-16-28)32(25-9-3-1-2-4-10-25)27-13-17-29(18-14-27)34-31(38)24-36-21-7-8-22-36/h11-18,25,32H,1-10,19-24H2,(H,33,37)(H,34,38). The number of likely N-dealkylation sites (tertiary alicyclic amines) is 2. The Bertz CT molecular complexity index is 957. The number of hydrogen-bond donors (Lipinski definition) is 2. The Hall–Kier alpha value is -2.70. The molecule has 3 fully saturated rings. The van der Waals surface area contributed by atoms with Gasteiger partial charge < -0.3 is 10.6 Å². The Morgan fingerprint density at radius 1 is 0.605 bits per heavy atom. The van der Waals surface area contributed by atoms with Gasteiger partial charge in [-0.25, -0.2) is 0 Å². The topological polar surface area (TPSA) is 64.7 Å². The summed E-state index contributed by atoms with van der Waals surface area (Å²) >= 11 is 0. The van der Waals surface area contributed by atoms with E-state index in [1.807, 2.05) is 0 Å². The van der Waals surface area contributed by atoms with Crippen LogP contribution in [0.5, 0.6) is 0 Å². The maximum Gasteiger partial charge on any atom is 0.238 e. The first-order valence-corrected chi connectivity index (χ1v) is 14.9. The van der Waals surface area contributed by atoms with Gasteiger partial charge in [0.25, 0.3) is 0 Å². The molecule has 38 heavy (non-hydrogen) atoms. The van der Waals surface area contributed by atoms with Crippen LogP contribution >= 0.6 is 0 Å². The van der Waals surface area contributed by atoms with E-state index in [1.165, 1.54) is 75.3 Å². The maximum absolute atomic E-state index is 12.5. The monoisotopic (exact) mass is 516 g/mol. The number of nitrogens with one attached hydrogen (secondary N) is 2. The molecule has 2 heterocycles. The van der Waals surface area contributed by atoms with Gasteiger partial charge in [0.2, 0.25) is 11.8 Å². The third-order valence-corrected chi connectivity index (χ3v) is 8.61. The lowest BCUT2D eigenvalue weighted by Gasteiger charge is -2.28. The lowest BCUT2D eigenvalue weighted by Crippen LogP contribution is -2.30. The van der Waals surface area contributed by atoms with E-state index in [0.29, 0.717) is 24.9 Å². The molecule has 2 aromatic carbocycles. The van der Waals surface area contributed by atoms with Gasteiger partial charge in [-0.15, -0.1) is 0 Å². The van der Waals surface area contributed by atoms with Crippen LogP contribution in [0.4, 0.5) is 11.4 Å². The number of nitrogens with zero attached hydrogens (tertiary/aromatic N) is 2. The first-order valence-electron chi connectivity index (χ1n) is 14.9. The summed E-state index contributed by atoms with van der Waals surface area (Å²) in [5, 5.41) is 6.18. The van der Waals surface area contributed by atoms with Crippen molar-refractivity contribution in [1.29, 1.82) is 0 Å². The Morgan fingerprint density at radius 3 is 1.39 bits per heavy atom. The summed E-state index contributed by atoms with van der Waals surface area (Å²) in [5.41, 5.74) is 4.35. The quantitative estimate of drug-likeness (QED) is 0.410. The summed E-state index contributed by atoms with van der Waals surface area (Å²) < 4.78 is 0. The number of benzene rings is 2. The largest absolute Gasteiger partial charge is 0.325 e. The molecule has 0 bridgehead atoms. The minimum absolute atomic E-state index is 0.0716. The zero-order chi connectivity index (χ0) is 26.2. The van der Waals surface area contributed by atoms with E-state index in [9.17, 15) is 9.59 Å². The van der Waals surface area contributed by atoms with Crippen molar-refractivity contribution in [3.63, 3.8) is 0 Å². The summed E-state index contributed by atoms with van der Waals surface area (Å²) in [5.74, 6) is 1.06. The van der Waals surface area contributed by atoms with Crippen molar-refractivity contribution < 1.29 is 9.59 Å². The number of hydrogen-bond acceptors (Lipinski definition) is 4. The minimum atomic E-state index is 0.0716. The van der Waals surface area contributed by atoms with Gasteiger partial charge >= 0.3 is 0 Å². The highest BCUT2D eigenvalue weighted by Crippen LogP contribution is 2.40. The second-order valence-electron chi connectivity index (χ2n) is 11.5. The third kappa shape index (κ3) is 7.45. The molecule has 0 spiro atoms. The van der Waals surface area contributed by atoms with Gasteiger partial charge in [0.15, 0.2) is 0 Å². The fourth-order valence-electron chi connectivity index (χ4n) is 6.62. The number of carbonyl (C=O) groups excluding carboxylic acids is 2. The molecule has 0 aromatic heterocycles. The fraction of sp³-hybridized carbons (Fsp3) is 0.562. The van der Waals surface area contributed by atoms with Crippen molar-refractivity contribution in [2.45, 2.75) is 70.1 Å². The van der Waals surface area contributed by atoms with Crippen molar-refractivity contribution in [1.82, 2.24) is 9.80 Å². The minimum Gasteiger partial charge on any atom is -0.325 e. The van der Waals surface area contributed by atoms with Gasteiger partial charge in [-0.3, -0.25) is 19.4 Å². The van der Waals surface area contributed by atoms with Crippen LogP contribution in [0, 0.1) is 5.92 Å². The summed E-state index contributed by atoms with van der Waals surface area (Å²) in [6, 6.07) is 17.1. The molecule has 2 saturated heterocycles. The van der Waals surface area contributed by atoms with Crippen LogP contribution in [0.1, 0.15) is 81.3 Å². The number of amides is 2. The normalized spacial score (nSPS) is 19.5. The Labute approximate surface area is 228 Å². The lowest BCUT2D eigenvalue weighted by molar-refractivity contribution is -0.117. The van der Waals surface area contributed by atoms with Gasteiger partial charge in [0.05, 0.1) is 13.1 Å². The maximum atomic E-state index is 12.5. The Morgan fingerprint density at radius 2 is 1.00 bits per heavy atom. The molecule has 6 nitrogen and oxygen atoms in total. The fourth-order valence-corrected chi connectivity index (χ4v) is 6.62. The zero-order valence-electron chi connectivity index (χ0n) is 22.8. The summed E-state index contributed by atoms with van der Waals surface area (Å²) in [6.45, 7) is 5.06. The molecule has 1 saturated carbocycles. The average molecular weight is 517 g/mol. The summed E-state index contributed by atoms with van der Waals surface area (Å²) in [4.78, 5) is 29.5. The summed E-state index contributed by atoms with van der Waals surface area (Å²) in [6.07, 6.45) is 12.5. The highest BCUT2D eigenvalue weighted by molar-refractivity contribution is 5.92. The highest BCUT2D eigenvalue weighted by Gasteiger charge is 2.26. The van der Waals surface area contributed by atoms with Crippen molar-refractivity contribution in [3.05, 3.63) is 59.7 Å². The van der Waals surface area contributed by atoms with E-state index in [4.69, 9.17) is 0 Å². The molecule has 0 unspecified atom stereocenters. The van der Waals surface area contributed by atoms with E-state index < -0.39 is 0 Å². The van der Waals surface area contributed by atoms with Crippen molar-refractivity contribution in [2.75, 3.05) is 49.9 Å². The smallest absolute Gasteiger partial charge is 0.238 e. The number of carbonyl (C=O) groups is 2. The van der Waals surface area contributed by atoms with Crippen LogP contribution in [0.3, 0.4) is 0 Å². The van der Waals surface area contributed by atoms with E-state index in [2.05, 4.69) is 69.0 Å². The van der Waals surface area contributed by atoms with E-state index >= 15 is 0 Å². The zero-order valence-corrected chi connectivity index (χ0v) is 22.8. The molecule has 0 atom stereocenters. The van der Waals surface area contributed by atoms with Gasteiger partial charge in [-0.2, -0.15) is 0 Å². The van der Waals surface area contributed by atoms with Crippen molar-refractivity contribution >= 4 is 23.2 Å². The molecule has 2 aromatic rings. The van der Waals surface area contributed by atoms with Crippen LogP contribution in [0.15, 0.2) is 48.5 Å². The van der Waals surface area contributed by atoms with Gasteiger partial charge in [-0.05, 0) is 106 Å². The van der Waals surface area contributed by atoms with Gasteiger partial charge in [0, 0.05) is 17.3 Å². The molecule has 3 aliphatic rings. The van der Waals surface area contributed by atoms with Crippen LogP contribution in [0.25, 0.3) is 0 Å². The molecule has 2 aliphatic heterocycles. The van der Waals surface area contributed by atoms with Crippen LogP contribution in [-0.2, 0) is 9.59 Å². The van der Waals surface area contributed by atoms with Crippen LogP contribution in [0.2, 0.25) is 0 Å². The lowest BCUT2D eigenvalue weighted by atomic mass is 9.77. The average Bonchev–Trinajstić information content (AvgIpc) is 3.56. The van der Waals surface area contributed by atoms with Crippen molar-refractivity contribution in [2.24, 2.45) is 5.92 Å². The van der Waals surface area contributed by atoms with Crippen LogP contribution in [-0.4, -0.2) is 60.9 Å². The predicted octanol–water partition coefficient (Wildman–Crippen LogP) is 5.86. The molecule has 0 radical (unpaired) electrons. The molecule has 1 aliphatic carbocycles. The third-order valence-electron chi connectivity index (χ3n) is 8.61. The highest BCUT2D eigenvalue weighted by atomic mass is 16.2. The van der Waals surface area contributed by atoms with Crippen molar-refractivity contribution in [3.8, 4) is 0 Å². The second-order valence-corrected chi connectivity index (χ2v) is 11.5. The first-order chi connectivity index (χ1) is 18.6. The number of anilines is 2.